The van der Waals surface area contributed by atoms with Gasteiger partial charge in [0.2, 0.25) is 0 Å². The molecule has 9 heavy (non-hydrogen) atoms. The summed E-state index contributed by atoms with van der Waals surface area (Å²) in [5, 5.41) is 0. The zero-order valence-corrected chi connectivity index (χ0v) is 4.99. The first-order valence-corrected chi connectivity index (χ1v) is 2.62. The van der Waals surface area contributed by atoms with Gasteiger partial charge in [-0.3, -0.25) is 0 Å². The lowest BCUT2D eigenvalue weighted by Crippen LogP contribution is -2.06. The van der Waals surface area contributed by atoms with Crippen LogP contribution in [0.1, 0.15) is 12.6 Å². The summed E-state index contributed by atoms with van der Waals surface area (Å²) >= 11 is 0. The fourth-order valence-electron chi connectivity index (χ4n) is 0.603. The summed E-state index contributed by atoms with van der Waals surface area (Å²) < 4.78 is 24.5. The van der Waals surface area contributed by atoms with Gasteiger partial charge in [-0.05, 0) is 12.1 Å². The van der Waals surface area contributed by atoms with E-state index < -0.39 is 5.92 Å². The van der Waals surface area contributed by atoms with Crippen LogP contribution in [0.4, 0.5) is 8.78 Å². The highest BCUT2D eigenvalue weighted by molar-refractivity contribution is 5.08. The maximum absolute atomic E-state index is 12.3. The number of aromatic amines is 1. The second-order valence-electron chi connectivity index (χ2n) is 1.97. The molecule has 0 saturated heterocycles. The van der Waals surface area contributed by atoms with E-state index in [9.17, 15) is 8.78 Å². The SMILES string of the molecule is CC(F)(F)c1ccc[nH]1. The van der Waals surface area contributed by atoms with Crippen LogP contribution in [0.2, 0.25) is 0 Å². The van der Waals surface area contributed by atoms with Crippen LogP contribution in [0.25, 0.3) is 0 Å². The van der Waals surface area contributed by atoms with Crippen LogP contribution >= 0.6 is 0 Å². The van der Waals surface area contributed by atoms with Crippen LogP contribution in [0, 0.1) is 0 Å². The summed E-state index contributed by atoms with van der Waals surface area (Å²) in [5.41, 5.74) is -0.0394. The number of hydrogen-bond acceptors (Lipinski definition) is 0. The monoisotopic (exact) mass is 131 g/mol. The fraction of sp³-hybridized carbons (Fsp3) is 0.333. The molecule has 0 fully saturated rings. The largest absolute Gasteiger partial charge is 0.360 e. The van der Waals surface area contributed by atoms with E-state index in [0.29, 0.717) is 0 Å². The molecular formula is C6H7F2N. The molecule has 0 radical (unpaired) electrons. The number of rotatable bonds is 1. The maximum Gasteiger partial charge on any atom is 0.284 e. The van der Waals surface area contributed by atoms with Crippen LogP contribution in [0.5, 0.6) is 0 Å². The Labute approximate surface area is 51.7 Å². The molecule has 1 aromatic heterocycles. The van der Waals surface area contributed by atoms with Crippen molar-refractivity contribution in [1.29, 1.82) is 0 Å². The van der Waals surface area contributed by atoms with E-state index in [1.807, 2.05) is 0 Å². The minimum atomic E-state index is -2.73. The number of alkyl halides is 2. The summed E-state index contributed by atoms with van der Waals surface area (Å²) in [5.74, 6) is -2.73. The first-order valence-electron chi connectivity index (χ1n) is 2.62. The predicted octanol–water partition coefficient (Wildman–Crippen LogP) is 2.13. The van der Waals surface area contributed by atoms with Gasteiger partial charge in [-0.1, -0.05) is 0 Å². The Kier molecular flexibility index (Phi) is 1.27. The second-order valence-corrected chi connectivity index (χ2v) is 1.97. The molecule has 0 bridgehead atoms. The van der Waals surface area contributed by atoms with Gasteiger partial charge in [-0.15, -0.1) is 0 Å². The van der Waals surface area contributed by atoms with Crippen molar-refractivity contribution in [2.45, 2.75) is 12.8 Å². The molecule has 3 heteroatoms. The summed E-state index contributed by atoms with van der Waals surface area (Å²) in [6.07, 6.45) is 1.48. The quantitative estimate of drug-likeness (QED) is 0.600. The Morgan fingerprint density at radius 1 is 1.56 bits per heavy atom. The van der Waals surface area contributed by atoms with Crippen molar-refractivity contribution in [1.82, 2.24) is 4.98 Å². The molecule has 1 heterocycles. The fourth-order valence-corrected chi connectivity index (χ4v) is 0.603. The molecule has 0 aromatic carbocycles. The van der Waals surface area contributed by atoms with Crippen LogP contribution in [-0.4, -0.2) is 4.98 Å². The number of nitrogens with one attached hydrogen (secondary N) is 1. The third-order valence-corrected chi connectivity index (χ3v) is 1.07. The third-order valence-electron chi connectivity index (χ3n) is 1.07. The van der Waals surface area contributed by atoms with Gasteiger partial charge in [0.25, 0.3) is 5.92 Å². The number of aromatic nitrogens is 1. The summed E-state index contributed by atoms with van der Waals surface area (Å²) in [6.45, 7) is 0.860. The van der Waals surface area contributed by atoms with E-state index >= 15 is 0 Å². The van der Waals surface area contributed by atoms with Gasteiger partial charge in [0.05, 0.1) is 5.69 Å². The van der Waals surface area contributed by atoms with Crippen molar-refractivity contribution in [2.75, 3.05) is 0 Å². The van der Waals surface area contributed by atoms with Gasteiger partial charge in [0, 0.05) is 13.1 Å². The lowest BCUT2D eigenvalue weighted by atomic mass is 10.3. The summed E-state index contributed by atoms with van der Waals surface area (Å²) in [7, 11) is 0. The highest BCUT2D eigenvalue weighted by atomic mass is 19.3. The topological polar surface area (TPSA) is 15.8 Å². The van der Waals surface area contributed by atoms with Gasteiger partial charge in [-0.2, -0.15) is 0 Å². The molecular weight excluding hydrogens is 124 g/mol. The van der Waals surface area contributed by atoms with Gasteiger partial charge in [-0.25, -0.2) is 8.78 Å². The molecule has 0 aliphatic carbocycles. The summed E-state index contributed by atoms with van der Waals surface area (Å²) in [6, 6.07) is 2.91. The maximum atomic E-state index is 12.3. The van der Waals surface area contributed by atoms with Gasteiger partial charge >= 0.3 is 0 Å². The zero-order valence-electron chi connectivity index (χ0n) is 4.99. The Balaban J connectivity index is 2.90. The van der Waals surface area contributed by atoms with E-state index in [1.54, 1.807) is 6.07 Å². The highest BCUT2D eigenvalue weighted by Gasteiger charge is 2.24. The average Bonchev–Trinajstić information content (AvgIpc) is 2.08. The summed E-state index contributed by atoms with van der Waals surface area (Å²) in [4.78, 5) is 2.43. The van der Waals surface area contributed by atoms with E-state index in [-0.39, 0.29) is 5.69 Å². The molecule has 0 amide bonds. The van der Waals surface area contributed by atoms with Gasteiger partial charge < -0.3 is 4.98 Å². The second kappa shape index (κ2) is 1.83. The minimum absolute atomic E-state index is 0.0394. The van der Waals surface area contributed by atoms with Crippen LogP contribution in [-0.2, 0) is 5.92 Å². The van der Waals surface area contributed by atoms with Crippen molar-refractivity contribution in [2.24, 2.45) is 0 Å². The molecule has 0 spiro atoms. The molecule has 0 aliphatic rings. The zero-order chi connectivity index (χ0) is 6.91. The molecule has 1 aromatic rings. The first kappa shape index (κ1) is 6.26. The molecule has 1 N–H and O–H groups in total. The van der Waals surface area contributed by atoms with Crippen molar-refractivity contribution in [3.05, 3.63) is 24.0 Å². The Morgan fingerprint density at radius 2 is 2.22 bits per heavy atom. The van der Waals surface area contributed by atoms with Crippen molar-refractivity contribution in [3.63, 3.8) is 0 Å². The smallest absolute Gasteiger partial charge is 0.284 e. The van der Waals surface area contributed by atoms with Gasteiger partial charge in [0.1, 0.15) is 0 Å². The van der Waals surface area contributed by atoms with E-state index in [1.165, 1.54) is 12.3 Å². The van der Waals surface area contributed by atoms with Gasteiger partial charge in [0.15, 0.2) is 0 Å². The molecule has 50 valence electrons. The lowest BCUT2D eigenvalue weighted by Gasteiger charge is -2.05. The average molecular weight is 131 g/mol. The Morgan fingerprint density at radius 3 is 2.44 bits per heavy atom. The van der Waals surface area contributed by atoms with Crippen LogP contribution < -0.4 is 0 Å². The van der Waals surface area contributed by atoms with Crippen molar-refractivity contribution in [3.8, 4) is 0 Å². The number of halogens is 2. The first-order chi connectivity index (χ1) is 4.11. The normalized spacial score (nSPS) is 11.9. The van der Waals surface area contributed by atoms with Crippen molar-refractivity contribution >= 4 is 0 Å². The predicted molar refractivity (Wildman–Crippen MR) is 30.4 cm³/mol. The number of hydrogen-bond donors (Lipinski definition) is 1. The minimum Gasteiger partial charge on any atom is -0.360 e. The Bertz CT molecular complexity index is 173. The highest BCUT2D eigenvalue weighted by Crippen LogP contribution is 2.24. The van der Waals surface area contributed by atoms with Crippen LogP contribution in [0.15, 0.2) is 18.3 Å². The number of H-pyrrole nitrogens is 1. The molecule has 0 atom stereocenters. The molecule has 0 saturated carbocycles. The molecule has 1 nitrogen and oxygen atoms in total. The molecule has 0 aliphatic heterocycles. The third kappa shape index (κ3) is 1.28. The van der Waals surface area contributed by atoms with Crippen LogP contribution in [0.3, 0.4) is 0 Å². The molecule has 1 rings (SSSR count). The Hall–Kier alpha value is -0.860. The van der Waals surface area contributed by atoms with Crippen molar-refractivity contribution < 1.29 is 8.78 Å². The lowest BCUT2D eigenvalue weighted by molar-refractivity contribution is 0.0133. The van der Waals surface area contributed by atoms with E-state index in [4.69, 9.17) is 0 Å². The van der Waals surface area contributed by atoms with E-state index in [0.717, 1.165) is 6.92 Å². The van der Waals surface area contributed by atoms with E-state index in [2.05, 4.69) is 4.98 Å². The molecule has 0 unspecified atom stereocenters. The standard InChI is InChI=1S/C6H7F2N/c1-6(7,8)5-3-2-4-9-5/h2-4,9H,1H3.